The molecule has 0 aliphatic carbocycles. The Morgan fingerprint density at radius 3 is 2.67 bits per heavy atom. The maximum absolute atomic E-state index is 11.6. The first-order valence-electron chi connectivity index (χ1n) is 6.11. The predicted octanol–water partition coefficient (Wildman–Crippen LogP) is 1.51. The van der Waals surface area contributed by atoms with Gasteiger partial charge in [0, 0.05) is 0 Å². The van der Waals surface area contributed by atoms with Gasteiger partial charge < -0.3 is 15.2 Å². The Morgan fingerprint density at radius 1 is 1.39 bits per heavy atom. The molecular formula is C14H21NO3. The SMILES string of the molecule is CCc1ccccc1OCC(=O)NC(C)(C)CO. The van der Waals surface area contributed by atoms with Crippen molar-refractivity contribution in [1.29, 1.82) is 0 Å². The summed E-state index contributed by atoms with van der Waals surface area (Å²) in [5, 5.41) is 11.8. The molecule has 1 aromatic rings. The molecule has 0 saturated carbocycles. The number of hydrogen-bond donors (Lipinski definition) is 2. The predicted molar refractivity (Wildman–Crippen MR) is 70.6 cm³/mol. The average Bonchev–Trinajstić information content (AvgIpc) is 2.36. The van der Waals surface area contributed by atoms with Crippen molar-refractivity contribution in [2.45, 2.75) is 32.7 Å². The molecule has 0 fully saturated rings. The zero-order valence-corrected chi connectivity index (χ0v) is 11.2. The molecule has 0 atom stereocenters. The van der Waals surface area contributed by atoms with Crippen molar-refractivity contribution in [3.8, 4) is 5.75 Å². The van der Waals surface area contributed by atoms with Crippen LogP contribution in [0.4, 0.5) is 0 Å². The molecule has 4 heteroatoms. The van der Waals surface area contributed by atoms with Gasteiger partial charge in [-0.25, -0.2) is 0 Å². The number of carbonyl (C=O) groups excluding carboxylic acids is 1. The van der Waals surface area contributed by atoms with Gasteiger partial charge in [0.2, 0.25) is 0 Å². The summed E-state index contributed by atoms with van der Waals surface area (Å²) in [6.07, 6.45) is 0.861. The molecule has 0 bridgehead atoms. The number of nitrogens with one attached hydrogen (secondary N) is 1. The number of benzene rings is 1. The summed E-state index contributed by atoms with van der Waals surface area (Å²) < 4.78 is 5.49. The molecule has 0 saturated heterocycles. The first kappa shape index (κ1) is 14.5. The summed E-state index contributed by atoms with van der Waals surface area (Å²) in [6, 6.07) is 7.65. The van der Waals surface area contributed by atoms with Gasteiger partial charge in [-0.1, -0.05) is 25.1 Å². The van der Waals surface area contributed by atoms with Gasteiger partial charge in [-0.15, -0.1) is 0 Å². The van der Waals surface area contributed by atoms with Gasteiger partial charge in [-0.05, 0) is 31.9 Å². The molecule has 2 N–H and O–H groups in total. The molecule has 0 heterocycles. The maximum Gasteiger partial charge on any atom is 0.258 e. The van der Waals surface area contributed by atoms with E-state index < -0.39 is 5.54 Å². The van der Waals surface area contributed by atoms with Crippen LogP contribution in [-0.4, -0.2) is 29.8 Å². The van der Waals surface area contributed by atoms with Crippen molar-refractivity contribution in [2.75, 3.05) is 13.2 Å². The fraction of sp³-hybridized carbons (Fsp3) is 0.500. The molecule has 0 aromatic heterocycles. The molecule has 18 heavy (non-hydrogen) atoms. The molecular weight excluding hydrogens is 230 g/mol. The molecule has 1 amide bonds. The van der Waals surface area contributed by atoms with Crippen LogP contribution < -0.4 is 10.1 Å². The lowest BCUT2D eigenvalue weighted by molar-refractivity contribution is -0.125. The highest BCUT2D eigenvalue weighted by Gasteiger charge is 2.19. The fourth-order valence-corrected chi connectivity index (χ4v) is 1.53. The highest BCUT2D eigenvalue weighted by atomic mass is 16.5. The summed E-state index contributed by atoms with van der Waals surface area (Å²) in [6.45, 7) is 5.40. The van der Waals surface area contributed by atoms with E-state index in [0.717, 1.165) is 17.7 Å². The number of aryl methyl sites for hydroxylation is 1. The number of amides is 1. The normalized spacial score (nSPS) is 11.1. The number of hydrogen-bond acceptors (Lipinski definition) is 3. The van der Waals surface area contributed by atoms with Crippen LogP contribution in [0.2, 0.25) is 0 Å². The largest absolute Gasteiger partial charge is 0.483 e. The number of para-hydroxylation sites is 1. The number of aliphatic hydroxyl groups excluding tert-OH is 1. The quantitative estimate of drug-likeness (QED) is 0.806. The first-order valence-corrected chi connectivity index (χ1v) is 6.11. The fourth-order valence-electron chi connectivity index (χ4n) is 1.53. The lowest BCUT2D eigenvalue weighted by Gasteiger charge is -2.23. The van der Waals surface area contributed by atoms with E-state index in [0.29, 0.717) is 0 Å². The van der Waals surface area contributed by atoms with E-state index in [2.05, 4.69) is 5.32 Å². The van der Waals surface area contributed by atoms with Crippen LogP contribution in [0.3, 0.4) is 0 Å². The zero-order chi connectivity index (χ0) is 13.6. The first-order chi connectivity index (χ1) is 8.48. The highest BCUT2D eigenvalue weighted by Crippen LogP contribution is 2.18. The Morgan fingerprint density at radius 2 is 2.06 bits per heavy atom. The van der Waals surface area contributed by atoms with E-state index in [-0.39, 0.29) is 19.1 Å². The van der Waals surface area contributed by atoms with Crippen molar-refractivity contribution in [2.24, 2.45) is 0 Å². The minimum absolute atomic E-state index is 0.0412. The minimum Gasteiger partial charge on any atom is -0.483 e. The number of carbonyl (C=O) groups is 1. The monoisotopic (exact) mass is 251 g/mol. The second-order valence-corrected chi connectivity index (χ2v) is 4.84. The molecule has 0 aliphatic rings. The Bertz CT molecular complexity index is 402. The lowest BCUT2D eigenvalue weighted by atomic mass is 10.1. The van der Waals surface area contributed by atoms with Crippen LogP contribution in [-0.2, 0) is 11.2 Å². The van der Waals surface area contributed by atoms with Crippen molar-refractivity contribution in [3.63, 3.8) is 0 Å². The topological polar surface area (TPSA) is 58.6 Å². The second kappa shape index (κ2) is 6.40. The van der Waals surface area contributed by atoms with E-state index in [4.69, 9.17) is 9.84 Å². The summed E-state index contributed by atoms with van der Waals surface area (Å²) in [7, 11) is 0. The maximum atomic E-state index is 11.6. The van der Waals surface area contributed by atoms with E-state index in [1.807, 2.05) is 31.2 Å². The number of aliphatic hydroxyl groups is 1. The molecule has 0 radical (unpaired) electrons. The molecule has 0 spiro atoms. The van der Waals surface area contributed by atoms with Gasteiger partial charge in [-0.3, -0.25) is 4.79 Å². The van der Waals surface area contributed by atoms with Crippen LogP contribution in [0.1, 0.15) is 26.3 Å². The highest BCUT2D eigenvalue weighted by molar-refractivity contribution is 5.78. The Labute approximate surface area is 108 Å². The molecule has 100 valence electrons. The van der Waals surface area contributed by atoms with Crippen molar-refractivity contribution >= 4 is 5.91 Å². The minimum atomic E-state index is -0.620. The van der Waals surface area contributed by atoms with E-state index in [9.17, 15) is 4.79 Å². The third kappa shape index (κ3) is 4.37. The van der Waals surface area contributed by atoms with Gasteiger partial charge in [0.25, 0.3) is 5.91 Å². The Balaban J connectivity index is 2.52. The van der Waals surface area contributed by atoms with Gasteiger partial charge in [0.15, 0.2) is 6.61 Å². The Hall–Kier alpha value is -1.55. The van der Waals surface area contributed by atoms with Crippen LogP contribution in [0.25, 0.3) is 0 Å². The van der Waals surface area contributed by atoms with Crippen molar-refractivity contribution in [1.82, 2.24) is 5.32 Å². The van der Waals surface area contributed by atoms with Crippen molar-refractivity contribution < 1.29 is 14.6 Å². The second-order valence-electron chi connectivity index (χ2n) is 4.84. The molecule has 0 unspecified atom stereocenters. The van der Waals surface area contributed by atoms with Gasteiger partial charge in [0.05, 0.1) is 12.1 Å². The standard InChI is InChI=1S/C14H21NO3/c1-4-11-7-5-6-8-12(11)18-9-13(17)15-14(2,3)10-16/h5-8,16H,4,9-10H2,1-3H3,(H,15,17). The molecule has 1 rings (SSSR count). The van der Waals surface area contributed by atoms with E-state index >= 15 is 0 Å². The van der Waals surface area contributed by atoms with Crippen LogP contribution in [0.5, 0.6) is 5.75 Å². The smallest absolute Gasteiger partial charge is 0.258 e. The average molecular weight is 251 g/mol. The van der Waals surface area contributed by atoms with E-state index in [1.54, 1.807) is 13.8 Å². The van der Waals surface area contributed by atoms with Crippen molar-refractivity contribution in [3.05, 3.63) is 29.8 Å². The third-order valence-corrected chi connectivity index (χ3v) is 2.59. The molecule has 4 nitrogen and oxygen atoms in total. The summed E-state index contributed by atoms with van der Waals surface area (Å²) in [5.74, 6) is 0.497. The van der Waals surface area contributed by atoms with Crippen LogP contribution in [0, 0.1) is 0 Å². The molecule has 0 aliphatic heterocycles. The Kier molecular flexibility index (Phi) is 5.16. The summed E-state index contributed by atoms with van der Waals surface area (Å²) in [4.78, 5) is 11.6. The van der Waals surface area contributed by atoms with Crippen LogP contribution >= 0.6 is 0 Å². The summed E-state index contributed by atoms with van der Waals surface area (Å²) >= 11 is 0. The summed E-state index contributed by atoms with van der Waals surface area (Å²) in [5.41, 5.74) is 0.455. The number of ether oxygens (including phenoxy) is 1. The lowest BCUT2D eigenvalue weighted by Crippen LogP contribution is -2.48. The van der Waals surface area contributed by atoms with Gasteiger partial charge in [0.1, 0.15) is 5.75 Å². The van der Waals surface area contributed by atoms with Gasteiger partial charge >= 0.3 is 0 Å². The third-order valence-electron chi connectivity index (χ3n) is 2.59. The van der Waals surface area contributed by atoms with E-state index in [1.165, 1.54) is 0 Å². The number of rotatable bonds is 6. The zero-order valence-electron chi connectivity index (χ0n) is 11.2. The van der Waals surface area contributed by atoms with Crippen LogP contribution in [0.15, 0.2) is 24.3 Å². The molecule has 1 aromatic carbocycles. The van der Waals surface area contributed by atoms with Gasteiger partial charge in [-0.2, -0.15) is 0 Å².